The van der Waals surface area contributed by atoms with E-state index in [9.17, 15) is 14.0 Å². The molecule has 1 aromatic carbocycles. The van der Waals surface area contributed by atoms with Crippen molar-refractivity contribution in [1.82, 2.24) is 10.2 Å². The molecule has 0 saturated heterocycles. The second kappa shape index (κ2) is 5.30. The lowest BCUT2D eigenvalue weighted by molar-refractivity contribution is -0.114. The maximum Gasteiger partial charge on any atom is 0.258 e. The molecule has 19 heavy (non-hydrogen) atoms. The van der Waals surface area contributed by atoms with Gasteiger partial charge in [-0.1, -0.05) is 0 Å². The Morgan fingerprint density at radius 2 is 2.11 bits per heavy atom. The minimum atomic E-state index is -0.573. The summed E-state index contributed by atoms with van der Waals surface area (Å²) >= 11 is 0. The van der Waals surface area contributed by atoms with E-state index < -0.39 is 11.7 Å². The predicted octanol–water partition coefficient (Wildman–Crippen LogP) is 1.76. The number of carbonyl (C=O) groups is 2. The Hall–Kier alpha value is -2.70. The van der Waals surface area contributed by atoms with Crippen LogP contribution >= 0.6 is 0 Å². The van der Waals surface area contributed by atoms with Crippen molar-refractivity contribution < 1.29 is 14.0 Å². The summed E-state index contributed by atoms with van der Waals surface area (Å²) in [5.74, 6) is -1.34. The number of amides is 2. The van der Waals surface area contributed by atoms with Crippen LogP contribution < -0.4 is 10.6 Å². The van der Waals surface area contributed by atoms with Gasteiger partial charge < -0.3 is 10.6 Å². The lowest BCUT2D eigenvalue weighted by Crippen LogP contribution is -2.12. The van der Waals surface area contributed by atoms with Crippen LogP contribution in [0.15, 0.2) is 30.6 Å². The highest BCUT2D eigenvalue weighted by molar-refractivity contribution is 6.04. The molecule has 1 aromatic heterocycles. The molecule has 0 spiro atoms. The second-order valence-corrected chi connectivity index (χ2v) is 3.82. The zero-order valence-corrected chi connectivity index (χ0v) is 10.0. The summed E-state index contributed by atoms with van der Waals surface area (Å²) in [5, 5.41) is 11.1. The van der Waals surface area contributed by atoms with Crippen molar-refractivity contribution in [3.05, 3.63) is 42.0 Å². The van der Waals surface area contributed by atoms with E-state index in [2.05, 4.69) is 20.8 Å². The van der Waals surface area contributed by atoms with Crippen molar-refractivity contribution in [2.24, 2.45) is 0 Å². The molecule has 98 valence electrons. The molecule has 0 aliphatic heterocycles. The van der Waals surface area contributed by atoms with Crippen molar-refractivity contribution >= 4 is 23.2 Å². The number of aromatic nitrogens is 2. The van der Waals surface area contributed by atoms with Crippen LogP contribution in [0.3, 0.4) is 0 Å². The lowest BCUT2D eigenvalue weighted by Gasteiger charge is -2.08. The van der Waals surface area contributed by atoms with Gasteiger partial charge in [0.15, 0.2) is 0 Å². The molecule has 2 rings (SSSR count). The van der Waals surface area contributed by atoms with Crippen LogP contribution in [-0.2, 0) is 4.79 Å². The number of halogens is 1. The van der Waals surface area contributed by atoms with E-state index in [1.165, 1.54) is 31.5 Å². The first-order valence-electron chi connectivity index (χ1n) is 5.43. The Bertz CT molecular complexity index is 610. The Kier molecular flexibility index (Phi) is 3.56. The molecule has 7 heteroatoms. The largest absolute Gasteiger partial charge is 0.324 e. The molecule has 1 heterocycles. The third-order valence-corrected chi connectivity index (χ3v) is 2.30. The highest BCUT2D eigenvalue weighted by atomic mass is 19.1. The molecule has 0 fully saturated rings. The highest BCUT2D eigenvalue weighted by Gasteiger charge is 2.09. The van der Waals surface area contributed by atoms with Gasteiger partial charge in [0.05, 0.1) is 17.4 Å². The first-order chi connectivity index (χ1) is 9.06. The Morgan fingerprint density at radius 1 is 1.32 bits per heavy atom. The van der Waals surface area contributed by atoms with Crippen LogP contribution in [0.2, 0.25) is 0 Å². The number of carbonyl (C=O) groups excluding carboxylic acids is 2. The van der Waals surface area contributed by atoms with Gasteiger partial charge in [0.1, 0.15) is 5.82 Å². The van der Waals surface area contributed by atoms with E-state index in [0.717, 1.165) is 6.07 Å². The molecular weight excluding hydrogens is 251 g/mol. The Balaban J connectivity index is 2.17. The molecule has 0 aliphatic rings. The van der Waals surface area contributed by atoms with Crippen LogP contribution in [0.1, 0.15) is 17.3 Å². The highest BCUT2D eigenvalue weighted by Crippen LogP contribution is 2.20. The van der Waals surface area contributed by atoms with Gasteiger partial charge in [-0.25, -0.2) is 4.39 Å². The SMILES string of the molecule is CC(=O)Nc1cc(NC(=O)c2cn[nH]c2)ccc1F. The number of hydrogen-bond donors (Lipinski definition) is 3. The second-order valence-electron chi connectivity index (χ2n) is 3.82. The van der Waals surface area contributed by atoms with Crippen molar-refractivity contribution in [2.75, 3.05) is 10.6 Å². The Labute approximate surface area is 108 Å². The van der Waals surface area contributed by atoms with E-state index in [0.29, 0.717) is 11.3 Å². The van der Waals surface area contributed by atoms with Crippen LogP contribution in [0, 0.1) is 5.82 Å². The average Bonchev–Trinajstić information content (AvgIpc) is 2.86. The molecule has 0 unspecified atom stereocenters. The molecule has 0 aliphatic carbocycles. The summed E-state index contributed by atoms with van der Waals surface area (Å²) in [5.41, 5.74) is 0.735. The number of aromatic amines is 1. The fraction of sp³-hybridized carbons (Fsp3) is 0.0833. The molecule has 2 amide bonds. The number of nitrogens with one attached hydrogen (secondary N) is 3. The van der Waals surface area contributed by atoms with Crippen LogP contribution in [0.4, 0.5) is 15.8 Å². The minimum absolute atomic E-state index is 0.0116. The van der Waals surface area contributed by atoms with Crippen LogP contribution in [-0.4, -0.2) is 22.0 Å². The third-order valence-electron chi connectivity index (χ3n) is 2.30. The molecule has 3 N–H and O–H groups in total. The summed E-state index contributed by atoms with van der Waals surface area (Å²) in [6.07, 6.45) is 2.81. The van der Waals surface area contributed by atoms with Crippen LogP contribution in [0.25, 0.3) is 0 Å². The standard InChI is InChI=1S/C12H11FN4O2/c1-7(18)16-11-4-9(2-3-10(11)13)17-12(19)8-5-14-15-6-8/h2-6H,1H3,(H,14,15)(H,16,18)(H,17,19). The maximum absolute atomic E-state index is 13.4. The monoisotopic (exact) mass is 262 g/mol. The maximum atomic E-state index is 13.4. The molecule has 6 nitrogen and oxygen atoms in total. The molecule has 0 bridgehead atoms. The molecule has 2 aromatic rings. The number of nitrogens with zero attached hydrogens (tertiary/aromatic N) is 1. The zero-order valence-electron chi connectivity index (χ0n) is 10.0. The van der Waals surface area contributed by atoms with Gasteiger partial charge in [-0.05, 0) is 18.2 Å². The molecule has 0 radical (unpaired) electrons. The quantitative estimate of drug-likeness (QED) is 0.787. The van der Waals surface area contributed by atoms with E-state index in [-0.39, 0.29) is 11.6 Å². The van der Waals surface area contributed by atoms with Crippen molar-refractivity contribution in [2.45, 2.75) is 6.92 Å². The van der Waals surface area contributed by atoms with Gasteiger partial charge in [-0.15, -0.1) is 0 Å². The third kappa shape index (κ3) is 3.15. The number of benzene rings is 1. The van der Waals surface area contributed by atoms with Crippen molar-refractivity contribution in [1.29, 1.82) is 0 Å². The lowest BCUT2D eigenvalue weighted by atomic mass is 10.2. The Morgan fingerprint density at radius 3 is 2.74 bits per heavy atom. The first kappa shape index (κ1) is 12.7. The van der Waals surface area contributed by atoms with Crippen molar-refractivity contribution in [3.63, 3.8) is 0 Å². The fourth-order valence-electron chi connectivity index (χ4n) is 1.47. The van der Waals surface area contributed by atoms with Crippen LogP contribution in [0.5, 0.6) is 0 Å². The van der Waals surface area contributed by atoms with E-state index in [1.807, 2.05) is 0 Å². The normalized spacial score (nSPS) is 10.0. The molecular formula is C12H11FN4O2. The van der Waals surface area contributed by atoms with E-state index >= 15 is 0 Å². The van der Waals surface area contributed by atoms with Gasteiger partial charge in [0, 0.05) is 18.8 Å². The number of rotatable bonds is 3. The summed E-state index contributed by atoms with van der Waals surface area (Å²) < 4.78 is 13.4. The van der Waals surface area contributed by atoms with Gasteiger partial charge in [0.2, 0.25) is 5.91 Å². The smallest absolute Gasteiger partial charge is 0.258 e. The van der Waals surface area contributed by atoms with Gasteiger partial charge >= 0.3 is 0 Å². The number of H-pyrrole nitrogens is 1. The minimum Gasteiger partial charge on any atom is -0.324 e. The van der Waals surface area contributed by atoms with Gasteiger partial charge in [-0.3, -0.25) is 14.7 Å². The first-order valence-corrected chi connectivity index (χ1v) is 5.43. The molecule has 0 atom stereocenters. The zero-order chi connectivity index (χ0) is 13.8. The van der Waals surface area contributed by atoms with Crippen molar-refractivity contribution in [3.8, 4) is 0 Å². The predicted molar refractivity (Wildman–Crippen MR) is 67.2 cm³/mol. The summed E-state index contributed by atoms with van der Waals surface area (Å²) in [6, 6.07) is 3.91. The summed E-state index contributed by atoms with van der Waals surface area (Å²) in [7, 11) is 0. The topological polar surface area (TPSA) is 86.9 Å². The fourth-order valence-corrected chi connectivity index (χ4v) is 1.47. The van der Waals surface area contributed by atoms with Gasteiger partial charge in [0.25, 0.3) is 5.91 Å². The summed E-state index contributed by atoms with van der Waals surface area (Å²) in [4.78, 5) is 22.6. The van der Waals surface area contributed by atoms with Gasteiger partial charge in [-0.2, -0.15) is 5.10 Å². The van der Waals surface area contributed by atoms with E-state index in [1.54, 1.807) is 0 Å². The number of hydrogen-bond acceptors (Lipinski definition) is 3. The molecule has 0 saturated carbocycles. The van der Waals surface area contributed by atoms with E-state index in [4.69, 9.17) is 0 Å². The average molecular weight is 262 g/mol. The number of anilines is 2. The summed E-state index contributed by atoms with van der Waals surface area (Å²) in [6.45, 7) is 1.27.